The smallest absolute Gasteiger partial charge is 0.249 e. The van der Waals surface area contributed by atoms with E-state index >= 15 is 0 Å². The standard InChI is InChI=1S/C21H19N3O3/c25-21-15-26-14-19(24(21)13-16-5-2-1-3-6-16)18-12-23-10-8-20(18)27-17-7-4-9-22-11-17/h1-12,19H,13-15H2. The van der Waals surface area contributed by atoms with Crippen LogP contribution < -0.4 is 4.74 Å². The third-order valence-electron chi connectivity index (χ3n) is 4.42. The van der Waals surface area contributed by atoms with Crippen LogP contribution in [0.2, 0.25) is 0 Å². The molecule has 0 aliphatic carbocycles. The minimum Gasteiger partial charge on any atom is -0.455 e. The SMILES string of the molecule is O=C1COCC(c2cnccc2Oc2cccnc2)N1Cc1ccccc1. The molecule has 3 heterocycles. The van der Waals surface area contributed by atoms with E-state index in [1.165, 1.54) is 0 Å². The summed E-state index contributed by atoms with van der Waals surface area (Å²) in [5.74, 6) is 1.22. The fraction of sp³-hybridized carbons (Fsp3) is 0.190. The summed E-state index contributed by atoms with van der Waals surface area (Å²) in [6.07, 6.45) is 6.74. The third kappa shape index (κ3) is 3.96. The molecule has 1 atom stereocenters. The van der Waals surface area contributed by atoms with Crippen LogP contribution in [0.15, 0.2) is 73.3 Å². The van der Waals surface area contributed by atoms with Crippen molar-refractivity contribution in [3.05, 3.63) is 84.4 Å². The lowest BCUT2D eigenvalue weighted by atomic mass is 10.0. The van der Waals surface area contributed by atoms with Crippen molar-refractivity contribution < 1.29 is 14.3 Å². The van der Waals surface area contributed by atoms with Crippen molar-refractivity contribution in [3.8, 4) is 11.5 Å². The maximum absolute atomic E-state index is 12.6. The molecule has 6 heteroatoms. The van der Waals surface area contributed by atoms with Gasteiger partial charge in [-0.25, -0.2) is 0 Å². The number of ether oxygens (including phenoxy) is 2. The van der Waals surface area contributed by atoms with Crippen molar-refractivity contribution in [2.75, 3.05) is 13.2 Å². The number of benzene rings is 1. The lowest BCUT2D eigenvalue weighted by Gasteiger charge is -2.36. The fourth-order valence-electron chi connectivity index (χ4n) is 3.11. The molecule has 1 aromatic carbocycles. The van der Waals surface area contributed by atoms with Gasteiger partial charge >= 0.3 is 0 Å². The van der Waals surface area contributed by atoms with Gasteiger partial charge in [0.1, 0.15) is 18.1 Å². The highest BCUT2D eigenvalue weighted by Gasteiger charge is 2.32. The Kier molecular flexibility index (Phi) is 5.07. The summed E-state index contributed by atoms with van der Waals surface area (Å²) in [5.41, 5.74) is 1.88. The quantitative estimate of drug-likeness (QED) is 0.697. The monoisotopic (exact) mass is 361 g/mol. The first-order valence-electron chi connectivity index (χ1n) is 8.74. The first-order valence-corrected chi connectivity index (χ1v) is 8.74. The molecule has 6 nitrogen and oxygen atoms in total. The first kappa shape index (κ1) is 17.2. The first-order chi connectivity index (χ1) is 13.3. The second kappa shape index (κ2) is 7.97. The second-order valence-corrected chi connectivity index (χ2v) is 6.24. The number of carbonyl (C=O) groups excluding carboxylic acids is 1. The number of nitrogens with zero attached hydrogens (tertiary/aromatic N) is 3. The Balaban J connectivity index is 1.65. The maximum atomic E-state index is 12.6. The molecule has 4 rings (SSSR count). The Hall–Kier alpha value is -3.25. The lowest BCUT2D eigenvalue weighted by molar-refractivity contribution is -0.149. The van der Waals surface area contributed by atoms with Crippen molar-refractivity contribution in [2.45, 2.75) is 12.6 Å². The Morgan fingerprint density at radius 3 is 2.70 bits per heavy atom. The molecule has 1 unspecified atom stereocenters. The van der Waals surface area contributed by atoms with Crippen molar-refractivity contribution in [2.24, 2.45) is 0 Å². The second-order valence-electron chi connectivity index (χ2n) is 6.24. The van der Waals surface area contributed by atoms with Crippen molar-refractivity contribution in [1.29, 1.82) is 0 Å². The van der Waals surface area contributed by atoms with E-state index in [9.17, 15) is 4.79 Å². The molecule has 27 heavy (non-hydrogen) atoms. The van der Waals surface area contributed by atoms with Crippen LogP contribution in [-0.4, -0.2) is 34.0 Å². The van der Waals surface area contributed by atoms with E-state index in [-0.39, 0.29) is 18.6 Å². The average Bonchev–Trinajstić information content (AvgIpc) is 2.72. The molecule has 1 fully saturated rings. The van der Waals surface area contributed by atoms with Crippen LogP contribution in [0.5, 0.6) is 11.5 Å². The highest BCUT2D eigenvalue weighted by molar-refractivity contribution is 5.78. The number of hydrogen-bond donors (Lipinski definition) is 0. The number of pyridine rings is 2. The highest BCUT2D eigenvalue weighted by atomic mass is 16.5. The zero-order valence-electron chi connectivity index (χ0n) is 14.7. The van der Waals surface area contributed by atoms with Crippen molar-refractivity contribution in [1.82, 2.24) is 14.9 Å². The predicted octanol–water partition coefficient (Wildman–Crippen LogP) is 3.37. The van der Waals surface area contributed by atoms with Crippen molar-refractivity contribution in [3.63, 3.8) is 0 Å². The molecule has 0 N–H and O–H groups in total. The number of carbonyl (C=O) groups is 1. The van der Waals surface area contributed by atoms with Gasteiger partial charge in [-0.3, -0.25) is 14.8 Å². The van der Waals surface area contributed by atoms with Crippen LogP contribution in [0.4, 0.5) is 0 Å². The van der Waals surface area contributed by atoms with Crippen LogP contribution >= 0.6 is 0 Å². The molecular formula is C21H19N3O3. The summed E-state index contributed by atoms with van der Waals surface area (Å²) in [4.78, 5) is 22.7. The van der Waals surface area contributed by atoms with E-state index in [1.807, 2.05) is 47.4 Å². The molecule has 3 aromatic rings. The molecule has 0 radical (unpaired) electrons. The zero-order valence-corrected chi connectivity index (χ0v) is 14.7. The van der Waals surface area contributed by atoms with Crippen molar-refractivity contribution >= 4 is 5.91 Å². The summed E-state index contributed by atoms with van der Waals surface area (Å²) >= 11 is 0. The minimum atomic E-state index is -0.271. The fourth-order valence-corrected chi connectivity index (χ4v) is 3.11. The van der Waals surface area contributed by atoms with E-state index in [4.69, 9.17) is 9.47 Å². The molecule has 1 aliphatic heterocycles. The molecule has 0 spiro atoms. The van der Waals surface area contributed by atoms with Gasteiger partial charge in [0.25, 0.3) is 0 Å². The lowest BCUT2D eigenvalue weighted by Crippen LogP contribution is -2.43. The Morgan fingerprint density at radius 2 is 1.89 bits per heavy atom. The summed E-state index contributed by atoms with van der Waals surface area (Å²) in [6.45, 7) is 0.991. The van der Waals surface area contributed by atoms with Gasteiger partial charge in [0, 0.05) is 30.7 Å². The van der Waals surface area contributed by atoms with Gasteiger partial charge in [-0.1, -0.05) is 30.3 Å². The Morgan fingerprint density at radius 1 is 1.04 bits per heavy atom. The van der Waals surface area contributed by atoms with Crippen LogP contribution in [0.25, 0.3) is 0 Å². The topological polar surface area (TPSA) is 64.5 Å². The molecular weight excluding hydrogens is 342 g/mol. The summed E-state index contributed by atoms with van der Waals surface area (Å²) in [7, 11) is 0. The Bertz CT molecular complexity index is 903. The Labute approximate surface area is 157 Å². The molecule has 0 bridgehead atoms. The minimum absolute atomic E-state index is 0.0497. The van der Waals surface area contributed by atoms with Gasteiger partial charge in [0.15, 0.2) is 0 Å². The zero-order chi connectivity index (χ0) is 18.5. The van der Waals surface area contributed by atoms with Gasteiger partial charge in [0.2, 0.25) is 5.91 Å². The number of amides is 1. The van der Waals surface area contributed by atoms with Gasteiger partial charge in [-0.15, -0.1) is 0 Å². The van der Waals surface area contributed by atoms with Gasteiger partial charge in [-0.2, -0.15) is 0 Å². The number of hydrogen-bond acceptors (Lipinski definition) is 5. The van der Waals surface area contributed by atoms with Gasteiger partial charge in [0.05, 0.1) is 18.8 Å². The molecule has 2 aromatic heterocycles. The number of morpholine rings is 1. The molecule has 1 saturated heterocycles. The summed E-state index contributed by atoms with van der Waals surface area (Å²) in [5, 5.41) is 0. The maximum Gasteiger partial charge on any atom is 0.249 e. The third-order valence-corrected chi connectivity index (χ3v) is 4.42. The van der Waals surface area contributed by atoms with Crippen LogP contribution in [-0.2, 0) is 16.1 Å². The normalized spacial score (nSPS) is 17.0. The van der Waals surface area contributed by atoms with E-state index < -0.39 is 0 Å². The van der Waals surface area contributed by atoms with E-state index in [0.29, 0.717) is 24.7 Å². The number of rotatable bonds is 5. The van der Waals surface area contributed by atoms with E-state index in [1.54, 1.807) is 30.9 Å². The highest BCUT2D eigenvalue weighted by Crippen LogP contribution is 2.34. The van der Waals surface area contributed by atoms with E-state index in [2.05, 4.69) is 9.97 Å². The largest absolute Gasteiger partial charge is 0.455 e. The van der Waals surface area contributed by atoms with Crippen LogP contribution in [0, 0.1) is 0 Å². The van der Waals surface area contributed by atoms with Gasteiger partial charge in [-0.05, 0) is 23.8 Å². The average molecular weight is 361 g/mol. The number of aromatic nitrogens is 2. The summed E-state index contributed by atoms with van der Waals surface area (Å²) in [6, 6.07) is 15.1. The molecule has 1 amide bonds. The molecule has 136 valence electrons. The van der Waals surface area contributed by atoms with E-state index in [0.717, 1.165) is 11.1 Å². The van der Waals surface area contributed by atoms with Crippen LogP contribution in [0.1, 0.15) is 17.2 Å². The molecule has 0 saturated carbocycles. The van der Waals surface area contributed by atoms with Crippen LogP contribution in [0.3, 0.4) is 0 Å². The summed E-state index contributed by atoms with van der Waals surface area (Å²) < 4.78 is 11.5. The predicted molar refractivity (Wildman–Crippen MR) is 99.1 cm³/mol. The van der Waals surface area contributed by atoms with Gasteiger partial charge < -0.3 is 14.4 Å². The molecule has 1 aliphatic rings.